The van der Waals surface area contributed by atoms with Crippen LogP contribution in [0.1, 0.15) is 31.9 Å². The van der Waals surface area contributed by atoms with Crippen LogP contribution in [0.4, 0.5) is 4.79 Å². The fourth-order valence-corrected chi connectivity index (χ4v) is 3.31. The number of allylic oxidation sites excluding steroid dienone is 1. The molecule has 1 atom stereocenters. The fraction of sp³-hybridized carbons (Fsp3) is 0.412. The summed E-state index contributed by atoms with van der Waals surface area (Å²) < 4.78 is 16.8. The number of nitrogens with zero attached hydrogens (tertiary/aromatic N) is 1. The molecule has 2 aliphatic rings. The minimum absolute atomic E-state index is 0.144. The normalized spacial score (nSPS) is 19.1. The first-order chi connectivity index (χ1) is 11.9. The van der Waals surface area contributed by atoms with E-state index in [2.05, 4.69) is 21.2 Å². The van der Waals surface area contributed by atoms with Gasteiger partial charge in [-0.15, -0.1) is 0 Å². The molecule has 0 fully saturated rings. The van der Waals surface area contributed by atoms with Crippen LogP contribution in [0.2, 0.25) is 0 Å². The van der Waals surface area contributed by atoms with Crippen molar-refractivity contribution in [3.05, 3.63) is 33.4 Å². The Bertz CT molecular complexity index is 762. The number of esters is 1. The molecule has 8 heteroatoms. The van der Waals surface area contributed by atoms with Crippen molar-refractivity contribution >= 4 is 27.9 Å². The van der Waals surface area contributed by atoms with Crippen LogP contribution >= 0.6 is 15.9 Å². The molecule has 0 aliphatic carbocycles. The van der Waals surface area contributed by atoms with E-state index >= 15 is 0 Å². The third kappa shape index (κ3) is 3.18. The lowest BCUT2D eigenvalue weighted by molar-refractivity contribution is -0.139. The first-order valence-electron chi connectivity index (χ1n) is 7.95. The molecule has 0 unspecified atom stereocenters. The average Bonchev–Trinajstić information content (AvgIpc) is 3.03. The van der Waals surface area contributed by atoms with Crippen LogP contribution in [0, 0.1) is 0 Å². The highest BCUT2D eigenvalue weighted by molar-refractivity contribution is 9.10. The summed E-state index contributed by atoms with van der Waals surface area (Å²) in [5, 5.41) is 2.85. The van der Waals surface area contributed by atoms with E-state index < -0.39 is 12.0 Å². The highest BCUT2D eigenvalue weighted by Crippen LogP contribution is 2.42. The summed E-state index contributed by atoms with van der Waals surface area (Å²) in [6, 6.07) is 2.60. The molecule has 2 amide bonds. The number of benzene rings is 1. The number of ether oxygens (including phenoxy) is 3. The lowest BCUT2D eigenvalue weighted by Gasteiger charge is -2.33. The van der Waals surface area contributed by atoms with Crippen molar-refractivity contribution in [2.24, 2.45) is 0 Å². The van der Waals surface area contributed by atoms with Gasteiger partial charge in [0.2, 0.25) is 6.79 Å². The summed E-state index contributed by atoms with van der Waals surface area (Å²) in [7, 11) is 1.61. The minimum atomic E-state index is -0.642. The van der Waals surface area contributed by atoms with E-state index in [0.717, 1.165) is 6.42 Å². The summed E-state index contributed by atoms with van der Waals surface area (Å²) in [4.78, 5) is 26.3. The highest BCUT2D eigenvalue weighted by Gasteiger charge is 2.36. The Kier molecular flexibility index (Phi) is 4.89. The third-order valence-electron chi connectivity index (χ3n) is 4.21. The lowest BCUT2D eigenvalue weighted by atomic mass is 9.94. The number of hydrogen-bond donors (Lipinski definition) is 1. The van der Waals surface area contributed by atoms with Gasteiger partial charge in [0.1, 0.15) is 0 Å². The Balaban J connectivity index is 2.06. The monoisotopic (exact) mass is 410 g/mol. The first kappa shape index (κ1) is 17.6. The molecule has 3 rings (SSSR count). The molecule has 1 aromatic rings. The summed E-state index contributed by atoms with van der Waals surface area (Å²) in [6.07, 6.45) is 0.721. The van der Waals surface area contributed by atoms with Gasteiger partial charge in [0.05, 0.1) is 18.2 Å². The molecule has 2 aliphatic heterocycles. The molecule has 0 spiro atoms. The second kappa shape index (κ2) is 6.95. The molecule has 25 heavy (non-hydrogen) atoms. The quantitative estimate of drug-likeness (QED) is 0.771. The van der Waals surface area contributed by atoms with Crippen molar-refractivity contribution in [2.75, 3.05) is 20.4 Å². The molecule has 2 heterocycles. The molecule has 0 saturated carbocycles. The van der Waals surface area contributed by atoms with Crippen molar-refractivity contribution in [1.82, 2.24) is 10.2 Å². The molecule has 134 valence electrons. The molecular formula is C17H19BrN2O5. The van der Waals surface area contributed by atoms with E-state index in [4.69, 9.17) is 14.2 Å². The predicted octanol–water partition coefficient (Wildman–Crippen LogP) is 3.10. The van der Waals surface area contributed by atoms with Crippen LogP contribution in [0.3, 0.4) is 0 Å². The van der Waals surface area contributed by atoms with Gasteiger partial charge < -0.3 is 24.4 Å². The van der Waals surface area contributed by atoms with E-state index in [-0.39, 0.29) is 12.8 Å². The van der Waals surface area contributed by atoms with Gasteiger partial charge in [0.15, 0.2) is 11.5 Å². The molecule has 1 N–H and O–H groups in total. The Hall–Kier alpha value is -2.22. The number of carbonyl (C=O) groups excluding carboxylic acids is 2. The lowest BCUT2D eigenvalue weighted by Crippen LogP contribution is -2.46. The molecule has 0 bridgehead atoms. The number of urea groups is 1. The summed E-state index contributed by atoms with van der Waals surface area (Å²) in [5.41, 5.74) is 1.66. The summed E-state index contributed by atoms with van der Waals surface area (Å²) in [6.45, 7) is 4.12. The standard InChI is InChI=1S/C17H19BrN2O5/c1-4-5-23-16(21)14-9(2)20(3)17(22)19-15(14)10-6-12-13(7-11(10)18)25-8-24-12/h6-7,15H,4-5,8H2,1-3H3,(H,19,22)/t15-/m0/s1. The van der Waals surface area contributed by atoms with Crippen molar-refractivity contribution in [2.45, 2.75) is 26.3 Å². The second-order valence-electron chi connectivity index (χ2n) is 5.80. The summed E-state index contributed by atoms with van der Waals surface area (Å²) in [5.74, 6) is 0.747. The zero-order chi connectivity index (χ0) is 18.1. The van der Waals surface area contributed by atoms with E-state index in [1.165, 1.54) is 4.90 Å². The molecule has 7 nitrogen and oxygen atoms in total. The molecule has 0 saturated heterocycles. The molecule has 0 radical (unpaired) electrons. The van der Waals surface area contributed by atoms with Gasteiger partial charge in [0, 0.05) is 17.2 Å². The minimum Gasteiger partial charge on any atom is -0.462 e. The topological polar surface area (TPSA) is 77.1 Å². The maximum atomic E-state index is 12.6. The third-order valence-corrected chi connectivity index (χ3v) is 4.90. The van der Waals surface area contributed by atoms with Gasteiger partial charge in [-0.05, 0) is 31.0 Å². The SMILES string of the molecule is CCCOC(=O)C1=C(C)N(C)C(=O)N[C@H]1c1cc2c(cc1Br)OCO2. The smallest absolute Gasteiger partial charge is 0.338 e. The molecule has 1 aromatic carbocycles. The number of amides is 2. The van der Waals surface area contributed by atoms with Crippen LogP contribution in [0.25, 0.3) is 0 Å². The van der Waals surface area contributed by atoms with Crippen LogP contribution in [0.5, 0.6) is 11.5 Å². The summed E-state index contributed by atoms with van der Waals surface area (Å²) >= 11 is 3.49. The van der Waals surface area contributed by atoms with Gasteiger partial charge in [-0.25, -0.2) is 9.59 Å². The predicted molar refractivity (Wildman–Crippen MR) is 93.3 cm³/mol. The number of carbonyl (C=O) groups is 2. The number of fused-ring (bicyclic) bond motifs is 1. The second-order valence-corrected chi connectivity index (χ2v) is 6.66. The Morgan fingerprint density at radius 1 is 1.40 bits per heavy atom. The first-order valence-corrected chi connectivity index (χ1v) is 8.74. The van der Waals surface area contributed by atoms with E-state index in [0.29, 0.717) is 39.4 Å². The number of halogens is 1. The zero-order valence-electron chi connectivity index (χ0n) is 14.2. The largest absolute Gasteiger partial charge is 0.462 e. The van der Waals surface area contributed by atoms with Gasteiger partial charge in [-0.1, -0.05) is 22.9 Å². The Morgan fingerprint density at radius 3 is 2.76 bits per heavy atom. The van der Waals surface area contributed by atoms with E-state index in [1.807, 2.05) is 6.92 Å². The fourth-order valence-electron chi connectivity index (χ4n) is 2.76. The van der Waals surface area contributed by atoms with Gasteiger partial charge in [-0.2, -0.15) is 0 Å². The maximum absolute atomic E-state index is 12.6. The van der Waals surface area contributed by atoms with Crippen LogP contribution in [0.15, 0.2) is 27.9 Å². The Morgan fingerprint density at radius 2 is 2.08 bits per heavy atom. The highest BCUT2D eigenvalue weighted by atomic mass is 79.9. The van der Waals surface area contributed by atoms with Gasteiger partial charge >= 0.3 is 12.0 Å². The van der Waals surface area contributed by atoms with Gasteiger partial charge in [0.25, 0.3) is 0 Å². The van der Waals surface area contributed by atoms with Crippen LogP contribution in [-0.2, 0) is 9.53 Å². The van der Waals surface area contributed by atoms with Crippen LogP contribution < -0.4 is 14.8 Å². The Labute approximate surface area is 154 Å². The number of hydrogen-bond acceptors (Lipinski definition) is 5. The number of rotatable bonds is 4. The van der Waals surface area contributed by atoms with Crippen LogP contribution in [-0.4, -0.2) is 37.3 Å². The van der Waals surface area contributed by atoms with Crippen molar-refractivity contribution in [3.63, 3.8) is 0 Å². The zero-order valence-corrected chi connectivity index (χ0v) is 15.8. The maximum Gasteiger partial charge on any atom is 0.338 e. The van der Waals surface area contributed by atoms with Crippen molar-refractivity contribution in [3.8, 4) is 11.5 Å². The average molecular weight is 411 g/mol. The van der Waals surface area contributed by atoms with Gasteiger partial charge in [-0.3, -0.25) is 0 Å². The van der Waals surface area contributed by atoms with E-state index in [1.54, 1.807) is 26.1 Å². The van der Waals surface area contributed by atoms with Crippen molar-refractivity contribution in [1.29, 1.82) is 0 Å². The molecular weight excluding hydrogens is 392 g/mol. The number of nitrogens with one attached hydrogen (secondary N) is 1. The molecule has 0 aromatic heterocycles. The van der Waals surface area contributed by atoms with E-state index in [9.17, 15) is 9.59 Å². The van der Waals surface area contributed by atoms with Crippen molar-refractivity contribution < 1.29 is 23.8 Å².